The van der Waals surface area contributed by atoms with Gasteiger partial charge in [-0.25, -0.2) is 4.79 Å². The molecule has 32 heavy (non-hydrogen) atoms. The molecule has 1 aromatic rings. The van der Waals surface area contributed by atoms with Gasteiger partial charge in [0.15, 0.2) is 5.78 Å². The molecule has 6 nitrogen and oxygen atoms in total. The summed E-state index contributed by atoms with van der Waals surface area (Å²) in [4.78, 5) is 40.4. The van der Waals surface area contributed by atoms with Gasteiger partial charge in [0.2, 0.25) is 0 Å². The molecule has 1 aliphatic heterocycles. The van der Waals surface area contributed by atoms with Crippen LogP contribution in [0.3, 0.4) is 0 Å². The quantitative estimate of drug-likeness (QED) is 0.403. The van der Waals surface area contributed by atoms with E-state index in [1.54, 1.807) is 0 Å². The van der Waals surface area contributed by atoms with Gasteiger partial charge in [-0.05, 0) is 56.4 Å². The highest BCUT2D eigenvalue weighted by atomic mass is 32.1. The lowest BCUT2D eigenvalue weighted by Crippen LogP contribution is -2.43. The van der Waals surface area contributed by atoms with Gasteiger partial charge < -0.3 is 14.8 Å². The fraction of sp³-hybridized carbons (Fsp3) is 0.560. The highest BCUT2D eigenvalue weighted by Gasteiger charge is 2.47. The lowest BCUT2D eigenvalue weighted by atomic mass is 9.70. The van der Waals surface area contributed by atoms with Crippen molar-refractivity contribution in [1.82, 2.24) is 5.32 Å². The normalized spacial score (nSPS) is 26.8. The highest BCUT2D eigenvalue weighted by Crippen LogP contribution is 2.46. The number of hydrogen-bond acceptors (Lipinski definition) is 7. The topological polar surface area (TPSA) is 81.7 Å². The highest BCUT2D eigenvalue weighted by molar-refractivity contribution is 7.10. The van der Waals surface area contributed by atoms with Gasteiger partial charge in [-0.1, -0.05) is 25.8 Å². The summed E-state index contributed by atoms with van der Waals surface area (Å²) in [7, 11) is 1.31. The first-order valence-corrected chi connectivity index (χ1v) is 12.4. The zero-order valence-electron chi connectivity index (χ0n) is 18.9. The van der Waals surface area contributed by atoms with Crippen molar-refractivity contribution in [2.45, 2.75) is 70.8 Å². The van der Waals surface area contributed by atoms with E-state index >= 15 is 0 Å². The molecule has 0 saturated heterocycles. The second kappa shape index (κ2) is 9.61. The Morgan fingerprint density at radius 2 is 1.88 bits per heavy atom. The van der Waals surface area contributed by atoms with E-state index in [2.05, 4.69) is 5.32 Å². The monoisotopic (exact) mass is 457 g/mol. The van der Waals surface area contributed by atoms with E-state index in [1.165, 1.54) is 31.3 Å². The maximum atomic E-state index is 13.6. The molecule has 0 unspecified atom stereocenters. The van der Waals surface area contributed by atoms with Crippen LogP contribution in [0.15, 0.2) is 40.1 Å². The lowest BCUT2D eigenvalue weighted by molar-refractivity contribution is -0.151. The third-order valence-corrected chi connectivity index (χ3v) is 7.80. The van der Waals surface area contributed by atoms with Crippen molar-refractivity contribution in [3.05, 3.63) is 44.9 Å². The van der Waals surface area contributed by atoms with Gasteiger partial charge in [-0.2, -0.15) is 0 Å². The van der Waals surface area contributed by atoms with Crippen molar-refractivity contribution in [2.24, 2.45) is 11.8 Å². The predicted octanol–water partition coefficient (Wildman–Crippen LogP) is 4.63. The molecule has 1 saturated carbocycles. The van der Waals surface area contributed by atoms with Crippen molar-refractivity contribution in [2.75, 3.05) is 7.11 Å². The van der Waals surface area contributed by atoms with Crippen LogP contribution >= 0.6 is 11.3 Å². The number of carbonyl (C=O) groups excluding carboxylic acids is 3. The third kappa shape index (κ3) is 4.27. The van der Waals surface area contributed by atoms with E-state index in [0.29, 0.717) is 17.6 Å². The summed E-state index contributed by atoms with van der Waals surface area (Å²) in [5, 5.41) is 5.26. The maximum absolute atomic E-state index is 13.6. The van der Waals surface area contributed by atoms with Gasteiger partial charge in [0.1, 0.15) is 12.0 Å². The number of carbonyl (C=O) groups is 3. The van der Waals surface area contributed by atoms with Crippen molar-refractivity contribution in [3.63, 3.8) is 0 Å². The van der Waals surface area contributed by atoms with E-state index in [9.17, 15) is 14.4 Å². The molecule has 1 N–H and O–H groups in total. The summed E-state index contributed by atoms with van der Waals surface area (Å²) in [6.07, 6.45) is 6.69. The zero-order chi connectivity index (χ0) is 22.8. The third-order valence-electron chi connectivity index (χ3n) is 6.87. The number of rotatable bonds is 4. The standard InChI is InChI=1S/C25H31NO5S/c1-14-13-17-21(23(27)19(14)24(28)30-3)22(18-11-8-12-32-18)20(15(2)26-17)25(29)31-16-9-6-4-5-7-10-16/h8,11-12,14,16,19,22,26H,4-7,9-10,13H2,1-3H3/t14-,19-,22+/m0/s1. The van der Waals surface area contributed by atoms with Crippen LogP contribution in [0.25, 0.3) is 0 Å². The minimum Gasteiger partial charge on any atom is -0.468 e. The van der Waals surface area contributed by atoms with Crippen LogP contribution in [0.5, 0.6) is 0 Å². The van der Waals surface area contributed by atoms with Gasteiger partial charge in [-0.15, -0.1) is 11.3 Å². The largest absolute Gasteiger partial charge is 0.468 e. The summed E-state index contributed by atoms with van der Waals surface area (Å²) < 4.78 is 10.9. The van der Waals surface area contributed by atoms with Crippen LogP contribution < -0.4 is 5.32 Å². The minimum atomic E-state index is -0.861. The molecular formula is C25H31NO5S. The Morgan fingerprint density at radius 1 is 1.16 bits per heavy atom. The maximum Gasteiger partial charge on any atom is 0.337 e. The number of Topliss-reactive ketones (excluding diaryl/α,β-unsaturated/α-hetero) is 1. The number of methoxy groups -OCH3 is 1. The van der Waals surface area contributed by atoms with E-state index in [1.807, 2.05) is 31.4 Å². The smallest absolute Gasteiger partial charge is 0.337 e. The Bertz CT molecular complexity index is 953. The van der Waals surface area contributed by atoms with Gasteiger partial charge >= 0.3 is 11.9 Å². The van der Waals surface area contributed by atoms with Crippen LogP contribution in [0.4, 0.5) is 0 Å². The van der Waals surface area contributed by atoms with E-state index in [0.717, 1.165) is 42.0 Å². The van der Waals surface area contributed by atoms with Crippen LogP contribution in [0, 0.1) is 11.8 Å². The van der Waals surface area contributed by atoms with E-state index in [-0.39, 0.29) is 23.8 Å². The Hall–Kier alpha value is -2.41. The Balaban J connectivity index is 1.71. The van der Waals surface area contributed by atoms with E-state index in [4.69, 9.17) is 9.47 Å². The molecule has 3 atom stereocenters. The summed E-state index contributed by atoms with van der Waals surface area (Å²) in [5.74, 6) is -2.72. The predicted molar refractivity (Wildman–Crippen MR) is 122 cm³/mol. The average molecular weight is 458 g/mol. The van der Waals surface area contributed by atoms with Crippen LogP contribution in [0.1, 0.15) is 69.6 Å². The second-order valence-corrected chi connectivity index (χ2v) is 10.0. The molecule has 0 aromatic carbocycles. The first-order chi connectivity index (χ1) is 15.4. The first kappa shape index (κ1) is 22.8. The van der Waals surface area contributed by atoms with Crippen molar-refractivity contribution >= 4 is 29.1 Å². The number of esters is 2. The molecule has 7 heteroatoms. The van der Waals surface area contributed by atoms with Gasteiger partial charge in [0.05, 0.1) is 18.6 Å². The molecule has 4 rings (SSSR count). The lowest BCUT2D eigenvalue weighted by Gasteiger charge is -2.38. The molecule has 2 aliphatic carbocycles. The Labute approximate surface area is 193 Å². The molecule has 0 spiro atoms. The first-order valence-electron chi connectivity index (χ1n) is 11.5. The minimum absolute atomic E-state index is 0.0884. The van der Waals surface area contributed by atoms with Crippen molar-refractivity contribution in [1.29, 1.82) is 0 Å². The molecular weight excluding hydrogens is 426 g/mol. The summed E-state index contributed by atoms with van der Waals surface area (Å²) >= 11 is 1.50. The number of ketones is 1. The zero-order valence-corrected chi connectivity index (χ0v) is 19.8. The molecule has 0 bridgehead atoms. The molecule has 1 aromatic heterocycles. The van der Waals surface area contributed by atoms with Crippen LogP contribution in [-0.2, 0) is 23.9 Å². The number of ether oxygens (including phenoxy) is 2. The fourth-order valence-corrected chi connectivity index (χ4v) is 6.11. The van der Waals surface area contributed by atoms with Crippen LogP contribution in [-0.4, -0.2) is 30.9 Å². The SMILES string of the molecule is COC(=O)[C@@H]1C(=O)C2=C(C[C@@H]1C)NC(C)=C(C(=O)OC1CCCCCC1)[C@H]2c1cccs1. The Kier molecular flexibility index (Phi) is 6.84. The number of allylic oxidation sites excluding steroid dienone is 3. The number of hydrogen-bond donors (Lipinski definition) is 1. The molecule has 172 valence electrons. The van der Waals surface area contributed by atoms with E-state index < -0.39 is 17.8 Å². The van der Waals surface area contributed by atoms with Crippen molar-refractivity contribution < 1.29 is 23.9 Å². The van der Waals surface area contributed by atoms with Gasteiger partial charge in [0.25, 0.3) is 0 Å². The van der Waals surface area contributed by atoms with Crippen molar-refractivity contribution in [3.8, 4) is 0 Å². The number of dihydropyridines is 1. The summed E-state index contributed by atoms with van der Waals surface area (Å²) in [6, 6.07) is 3.86. The Morgan fingerprint density at radius 3 is 2.50 bits per heavy atom. The van der Waals surface area contributed by atoms with Gasteiger partial charge in [0, 0.05) is 21.8 Å². The fourth-order valence-electron chi connectivity index (χ4n) is 5.27. The number of thiophene rings is 1. The van der Waals surface area contributed by atoms with Crippen LogP contribution in [0.2, 0.25) is 0 Å². The average Bonchev–Trinajstić information content (AvgIpc) is 3.17. The molecule has 2 heterocycles. The molecule has 0 amide bonds. The summed E-state index contributed by atoms with van der Waals surface area (Å²) in [5.41, 5.74) is 2.49. The summed E-state index contributed by atoms with van der Waals surface area (Å²) in [6.45, 7) is 3.76. The molecule has 1 fully saturated rings. The second-order valence-electron chi connectivity index (χ2n) is 9.07. The number of nitrogens with one attached hydrogen (secondary N) is 1. The molecule has 3 aliphatic rings. The molecule has 0 radical (unpaired) electrons. The van der Waals surface area contributed by atoms with Gasteiger partial charge in [-0.3, -0.25) is 9.59 Å².